The van der Waals surface area contributed by atoms with Gasteiger partial charge in [0.1, 0.15) is 12.4 Å². The van der Waals surface area contributed by atoms with E-state index in [9.17, 15) is 5.11 Å². The molecule has 0 aliphatic carbocycles. The van der Waals surface area contributed by atoms with Crippen molar-refractivity contribution in [3.8, 4) is 5.75 Å². The molecule has 2 rings (SSSR count). The van der Waals surface area contributed by atoms with Crippen molar-refractivity contribution < 1.29 is 9.84 Å². The van der Waals surface area contributed by atoms with Crippen LogP contribution in [0.2, 0.25) is 0 Å². The van der Waals surface area contributed by atoms with E-state index in [1.807, 2.05) is 55.5 Å². The van der Waals surface area contributed by atoms with E-state index in [1.54, 1.807) is 0 Å². The van der Waals surface area contributed by atoms with Crippen molar-refractivity contribution in [3.63, 3.8) is 0 Å². The molecule has 0 aliphatic rings. The van der Waals surface area contributed by atoms with Crippen LogP contribution in [0.3, 0.4) is 0 Å². The molecular formula is C15H16O2. The highest BCUT2D eigenvalue weighted by molar-refractivity contribution is 5.39. The van der Waals surface area contributed by atoms with Crippen LogP contribution in [-0.2, 0) is 13.2 Å². The highest BCUT2D eigenvalue weighted by atomic mass is 16.5. The zero-order valence-electron chi connectivity index (χ0n) is 9.89. The molecule has 0 saturated carbocycles. The molecule has 0 bridgehead atoms. The predicted octanol–water partition coefficient (Wildman–Crippen LogP) is 3.07. The molecule has 0 fully saturated rings. The lowest BCUT2D eigenvalue weighted by Crippen LogP contribution is -2.00. The molecule has 2 aromatic carbocycles. The summed E-state index contributed by atoms with van der Waals surface area (Å²) in [6.07, 6.45) is 0. The summed E-state index contributed by atoms with van der Waals surface area (Å²) in [6.45, 7) is 2.51. The molecule has 0 saturated heterocycles. The van der Waals surface area contributed by atoms with Gasteiger partial charge in [0.25, 0.3) is 0 Å². The standard InChI is InChI=1S/C15H16O2/c1-12-6-5-9-15(14(12)10-16)17-11-13-7-3-2-4-8-13/h2-9,16H,10-11H2,1H3. The number of hydrogen-bond donors (Lipinski definition) is 1. The molecule has 2 nitrogen and oxygen atoms in total. The average Bonchev–Trinajstić information content (AvgIpc) is 2.37. The number of ether oxygens (including phenoxy) is 1. The van der Waals surface area contributed by atoms with Crippen molar-refractivity contribution in [1.82, 2.24) is 0 Å². The molecule has 0 amide bonds. The zero-order chi connectivity index (χ0) is 12.1. The van der Waals surface area contributed by atoms with Crippen LogP contribution in [0.15, 0.2) is 48.5 Å². The average molecular weight is 228 g/mol. The van der Waals surface area contributed by atoms with E-state index in [-0.39, 0.29) is 6.61 Å². The lowest BCUT2D eigenvalue weighted by atomic mass is 10.1. The number of aryl methyl sites for hydroxylation is 1. The third-order valence-corrected chi connectivity index (χ3v) is 2.76. The molecule has 0 heterocycles. The van der Waals surface area contributed by atoms with Crippen LogP contribution in [-0.4, -0.2) is 5.11 Å². The van der Waals surface area contributed by atoms with Gasteiger partial charge in [-0.15, -0.1) is 0 Å². The predicted molar refractivity (Wildman–Crippen MR) is 67.9 cm³/mol. The van der Waals surface area contributed by atoms with Gasteiger partial charge in [-0.1, -0.05) is 42.5 Å². The fourth-order valence-corrected chi connectivity index (χ4v) is 1.75. The summed E-state index contributed by atoms with van der Waals surface area (Å²) >= 11 is 0. The first-order valence-electron chi connectivity index (χ1n) is 5.67. The van der Waals surface area contributed by atoms with E-state index in [4.69, 9.17) is 4.74 Å². The molecule has 2 aromatic rings. The topological polar surface area (TPSA) is 29.5 Å². The first-order valence-corrected chi connectivity index (χ1v) is 5.67. The zero-order valence-corrected chi connectivity index (χ0v) is 9.89. The van der Waals surface area contributed by atoms with Gasteiger partial charge in [-0.05, 0) is 24.1 Å². The van der Waals surface area contributed by atoms with Gasteiger partial charge >= 0.3 is 0 Å². The molecule has 0 spiro atoms. The molecule has 0 aliphatic heterocycles. The summed E-state index contributed by atoms with van der Waals surface area (Å²) < 4.78 is 5.73. The lowest BCUT2D eigenvalue weighted by molar-refractivity contribution is 0.258. The maximum Gasteiger partial charge on any atom is 0.125 e. The van der Waals surface area contributed by atoms with E-state index >= 15 is 0 Å². The van der Waals surface area contributed by atoms with E-state index < -0.39 is 0 Å². The van der Waals surface area contributed by atoms with Crippen LogP contribution in [0, 0.1) is 6.92 Å². The Labute approximate surface area is 101 Å². The van der Waals surface area contributed by atoms with Crippen molar-refractivity contribution >= 4 is 0 Å². The Morgan fingerprint density at radius 3 is 2.47 bits per heavy atom. The van der Waals surface area contributed by atoms with Crippen LogP contribution in [0.25, 0.3) is 0 Å². The van der Waals surface area contributed by atoms with Crippen molar-refractivity contribution in [2.24, 2.45) is 0 Å². The number of benzene rings is 2. The molecule has 0 atom stereocenters. The largest absolute Gasteiger partial charge is 0.489 e. The van der Waals surface area contributed by atoms with Gasteiger partial charge in [-0.3, -0.25) is 0 Å². The van der Waals surface area contributed by atoms with Gasteiger partial charge in [0, 0.05) is 5.56 Å². The first kappa shape index (κ1) is 11.7. The van der Waals surface area contributed by atoms with Gasteiger partial charge in [0.15, 0.2) is 0 Å². The normalized spacial score (nSPS) is 10.2. The number of rotatable bonds is 4. The third-order valence-electron chi connectivity index (χ3n) is 2.76. The van der Waals surface area contributed by atoms with Crippen molar-refractivity contribution in [2.45, 2.75) is 20.1 Å². The molecule has 88 valence electrons. The highest BCUT2D eigenvalue weighted by Crippen LogP contribution is 2.22. The quantitative estimate of drug-likeness (QED) is 0.871. The van der Waals surface area contributed by atoms with Crippen LogP contribution in [0.5, 0.6) is 5.75 Å². The third kappa shape index (κ3) is 2.86. The van der Waals surface area contributed by atoms with Crippen molar-refractivity contribution in [3.05, 3.63) is 65.2 Å². The minimum absolute atomic E-state index is 0.0107. The molecule has 2 heteroatoms. The van der Waals surface area contributed by atoms with Crippen LogP contribution in [0.4, 0.5) is 0 Å². The number of aliphatic hydroxyl groups is 1. The summed E-state index contributed by atoms with van der Waals surface area (Å²) in [4.78, 5) is 0. The van der Waals surface area contributed by atoms with Crippen LogP contribution in [0.1, 0.15) is 16.7 Å². The maximum atomic E-state index is 9.32. The van der Waals surface area contributed by atoms with Gasteiger partial charge in [-0.2, -0.15) is 0 Å². The Kier molecular flexibility index (Phi) is 3.78. The fraction of sp³-hybridized carbons (Fsp3) is 0.200. The monoisotopic (exact) mass is 228 g/mol. The van der Waals surface area contributed by atoms with Crippen molar-refractivity contribution in [2.75, 3.05) is 0 Å². The Hall–Kier alpha value is -1.80. The second kappa shape index (κ2) is 5.51. The van der Waals surface area contributed by atoms with E-state index in [1.165, 1.54) is 0 Å². The Bertz CT molecular complexity index is 478. The minimum Gasteiger partial charge on any atom is -0.489 e. The number of hydrogen-bond acceptors (Lipinski definition) is 2. The fourth-order valence-electron chi connectivity index (χ4n) is 1.75. The lowest BCUT2D eigenvalue weighted by Gasteiger charge is -2.12. The minimum atomic E-state index is 0.0107. The number of aliphatic hydroxyl groups excluding tert-OH is 1. The molecule has 17 heavy (non-hydrogen) atoms. The molecule has 0 radical (unpaired) electrons. The highest BCUT2D eigenvalue weighted by Gasteiger charge is 2.05. The van der Waals surface area contributed by atoms with Gasteiger partial charge in [0.05, 0.1) is 6.61 Å². The van der Waals surface area contributed by atoms with Gasteiger partial charge in [0.2, 0.25) is 0 Å². The SMILES string of the molecule is Cc1cccc(OCc2ccccc2)c1CO. The first-order chi connectivity index (χ1) is 8.31. The molecular weight excluding hydrogens is 212 g/mol. The Morgan fingerprint density at radius 2 is 1.76 bits per heavy atom. The smallest absolute Gasteiger partial charge is 0.125 e. The van der Waals surface area contributed by atoms with E-state index in [2.05, 4.69) is 0 Å². The van der Waals surface area contributed by atoms with E-state index in [0.717, 1.165) is 22.4 Å². The summed E-state index contributed by atoms with van der Waals surface area (Å²) in [5.41, 5.74) is 3.04. The molecule has 0 aromatic heterocycles. The second-order valence-corrected chi connectivity index (χ2v) is 3.98. The van der Waals surface area contributed by atoms with Crippen LogP contribution >= 0.6 is 0 Å². The summed E-state index contributed by atoms with van der Waals surface area (Å²) in [6, 6.07) is 15.8. The second-order valence-electron chi connectivity index (χ2n) is 3.98. The van der Waals surface area contributed by atoms with Crippen molar-refractivity contribution in [1.29, 1.82) is 0 Å². The molecule has 0 unspecified atom stereocenters. The van der Waals surface area contributed by atoms with Crippen LogP contribution < -0.4 is 4.74 Å². The summed E-state index contributed by atoms with van der Waals surface area (Å²) in [5.74, 6) is 0.761. The summed E-state index contributed by atoms with van der Waals surface area (Å²) in [5, 5.41) is 9.32. The maximum absolute atomic E-state index is 9.32. The van der Waals surface area contributed by atoms with Gasteiger partial charge < -0.3 is 9.84 Å². The van der Waals surface area contributed by atoms with Gasteiger partial charge in [-0.25, -0.2) is 0 Å². The molecule has 1 N–H and O–H groups in total. The van der Waals surface area contributed by atoms with E-state index in [0.29, 0.717) is 6.61 Å². The summed E-state index contributed by atoms with van der Waals surface area (Å²) in [7, 11) is 0. The Morgan fingerprint density at radius 1 is 1.00 bits per heavy atom. The Balaban J connectivity index is 2.12.